The Kier molecular flexibility index (Phi) is 5.46. The molecule has 116 valence electrons. The summed E-state index contributed by atoms with van der Waals surface area (Å²) in [7, 11) is 0.363. The van der Waals surface area contributed by atoms with E-state index >= 15 is 0 Å². The molecule has 0 spiro atoms. The summed E-state index contributed by atoms with van der Waals surface area (Å²) in [6, 6.07) is 0. The number of hydrogen-bond acceptors (Lipinski definition) is 0. The fraction of sp³-hybridized carbons (Fsp3) is 1.00. The largest absolute Gasteiger partial charge is 0.103 e. The summed E-state index contributed by atoms with van der Waals surface area (Å²) < 4.78 is 0. The number of hydrogen-bond donors (Lipinski definition) is 0. The summed E-state index contributed by atoms with van der Waals surface area (Å²) in [4.78, 5) is 0. The lowest BCUT2D eigenvalue weighted by Crippen LogP contribution is -2.19. The molecule has 3 saturated carbocycles. The van der Waals surface area contributed by atoms with E-state index in [1.165, 1.54) is 31.3 Å². The van der Waals surface area contributed by atoms with Crippen LogP contribution in [-0.4, -0.2) is 18.0 Å². The van der Waals surface area contributed by atoms with Gasteiger partial charge in [-0.2, -0.15) is 0 Å². The Morgan fingerprint density at radius 1 is 0.650 bits per heavy atom. The quantitative estimate of drug-likeness (QED) is 0.523. The maximum absolute atomic E-state index is 2.54. The van der Waals surface area contributed by atoms with Crippen LogP contribution in [0, 0.1) is 23.7 Å². The molecule has 0 bridgehead atoms. The minimum absolute atomic E-state index is 0.363. The molecule has 0 heterocycles. The first-order valence-electron chi connectivity index (χ1n) is 9.48. The van der Waals surface area contributed by atoms with Crippen LogP contribution < -0.4 is 0 Å². The monoisotopic (exact) mass is 294 g/mol. The Labute approximate surface area is 128 Å². The molecule has 0 aromatic carbocycles. The van der Waals surface area contributed by atoms with Gasteiger partial charge in [0, 0.05) is 0 Å². The molecule has 1 unspecified atom stereocenters. The van der Waals surface area contributed by atoms with Crippen LogP contribution in [0.4, 0.5) is 0 Å². The summed E-state index contributed by atoms with van der Waals surface area (Å²) in [6.45, 7) is 5.08. The van der Waals surface area contributed by atoms with Crippen LogP contribution in [0.3, 0.4) is 0 Å². The molecule has 3 rings (SSSR count). The van der Waals surface area contributed by atoms with Crippen molar-refractivity contribution < 1.29 is 0 Å². The molecule has 0 N–H and O–H groups in total. The van der Waals surface area contributed by atoms with Crippen molar-refractivity contribution in [2.45, 2.75) is 83.7 Å². The van der Waals surface area contributed by atoms with Gasteiger partial charge in [-0.3, -0.25) is 0 Å². The minimum Gasteiger partial charge on any atom is -0.103 e. The van der Waals surface area contributed by atoms with Crippen molar-refractivity contribution in [1.29, 1.82) is 0 Å². The maximum atomic E-state index is 2.54. The molecule has 3 aliphatic carbocycles. The van der Waals surface area contributed by atoms with Gasteiger partial charge in [0.15, 0.2) is 0 Å². The number of rotatable bonds is 5. The van der Waals surface area contributed by atoms with Gasteiger partial charge in [-0.25, -0.2) is 0 Å². The van der Waals surface area contributed by atoms with E-state index < -0.39 is 0 Å². The Hall–Kier alpha value is 0.430. The van der Waals surface area contributed by atoms with E-state index in [2.05, 4.69) is 13.8 Å². The van der Waals surface area contributed by atoms with E-state index in [1.54, 1.807) is 50.8 Å². The van der Waals surface area contributed by atoms with Gasteiger partial charge in [-0.15, -0.1) is 7.92 Å². The Balaban J connectivity index is 1.60. The van der Waals surface area contributed by atoms with Crippen molar-refractivity contribution in [2.24, 2.45) is 23.7 Å². The third-order valence-electron chi connectivity index (χ3n) is 6.86. The first-order valence-corrected chi connectivity index (χ1v) is 11.3. The summed E-state index contributed by atoms with van der Waals surface area (Å²) in [5, 5.41) is 0. The third kappa shape index (κ3) is 3.60. The molecule has 0 aromatic heterocycles. The van der Waals surface area contributed by atoms with E-state index in [4.69, 9.17) is 0 Å². The summed E-state index contributed by atoms with van der Waals surface area (Å²) in [5.41, 5.74) is 1.17. The molecule has 0 amide bonds. The topological polar surface area (TPSA) is 0 Å². The van der Waals surface area contributed by atoms with E-state index in [9.17, 15) is 0 Å². The van der Waals surface area contributed by atoms with Crippen LogP contribution in [0.15, 0.2) is 0 Å². The maximum Gasteiger partial charge on any atom is -0.0209 e. The van der Waals surface area contributed by atoms with Crippen LogP contribution in [0.25, 0.3) is 0 Å². The van der Waals surface area contributed by atoms with E-state index in [-0.39, 0.29) is 0 Å². The van der Waals surface area contributed by atoms with Crippen molar-refractivity contribution in [1.82, 2.24) is 0 Å². The molecule has 0 nitrogen and oxygen atoms in total. The molecule has 1 heteroatoms. The van der Waals surface area contributed by atoms with E-state index in [0.29, 0.717) is 7.92 Å². The minimum atomic E-state index is 0.363. The van der Waals surface area contributed by atoms with E-state index in [0.717, 1.165) is 23.7 Å². The standard InChI is InChI=1S/C19H35P/c1-15-7-5-9-17(15)13-20(19-11-3-4-12-19)14-18-10-6-8-16(18)2/h15-19H,3-14H2,1-2H3/t15-,16-,17-,18+,20?/m0/s1. The average Bonchev–Trinajstić information content (AvgIpc) is 3.14. The predicted octanol–water partition coefficient (Wildman–Crippen LogP) is 6.28. The predicted molar refractivity (Wildman–Crippen MR) is 91.9 cm³/mol. The van der Waals surface area contributed by atoms with Crippen molar-refractivity contribution in [3.05, 3.63) is 0 Å². The summed E-state index contributed by atoms with van der Waals surface area (Å²) >= 11 is 0. The third-order valence-corrected chi connectivity index (χ3v) is 10.3. The molecular weight excluding hydrogens is 259 g/mol. The second kappa shape index (κ2) is 7.13. The van der Waals surface area contributed by atoms with Crippen molar-refractivity contribution in [3.8, 4) is 0 Å². The first kappa shape index (κ1) is 15.3. The van der Waals surface area contributed by atoms with Gasteiger partial charge >= 0.3 is 0 Å². The summed E-state index contributed by atoms with van der Waals surface area (Å²) in [6.07, 6.45) is 18.8. The molecule has 0 aliphatic heterocycles. The molecule has 0 saturated heterocycles. The lowest BCUT2D eigenvalue weighted by molar-refractivity contribution is 0.448. The average molecular weight is 294 g/mol. The van der Waals surface area contributed by atoms with Gasteiger partial charge in [0.25, 0.3) is 0 Å². The first-order chi connectivity index (χ1) is 9.74. The summed E-state index contributed by atoms with van der Waals surface area (Å²) in [5.74, 6) is 4.31. The highest BCUT2D eigenvalue weighted by Crippen LogP contribution is 2.55. The fourth-order valence-corrected chi connectivity index (χ4v) is 9.36. The Morgan fingerprint density at radius 2 is 1.15 bits per heavy atom. The van der Waals surface area contributed by atoms with Crippen molar-refractivity contribution in [2.75, 3.05) is 12.3 Å². The zero-order valence-electron chi connectivity index (χ0n) is 13.8. The normalized spacial score (nSPS) is 40.5. The van der Waals surface area contributed by atoms with Crippen molar-refractivity contribution >= 4 is 7.92 Å². The van der Waals surface area contributed by atoms with Gasteiger partial charge < -0.3 is 0 Å². The van der Waals surface area contributed by atoms with Crippen LogP contribution in [0.1, 0.15) is 78.1 Å². The molecule has 0 radical (unpaired) electrons. The zero-order valence-corrected chi connectivity index (χ0v) is 14.7. The smallest absolute Gasteiger partial charge is 0.0209 e. The van der Waals surface area contributed by atoms with Crippen LogP contribution in [0.2, 0.25) is 0 Å². The highest BCUT2D eigenvalue weighted by atomic mass is 31.1. The Morgan fingerprint density at radius 3 is 1.55 bits per heavy atom. The fourth-order valence-electron chi connectivity index (χ4n) is 5.23. The van der Waals surface area contributed by atoms with Crippen molar-refractivity contribution in [3.63, 3.8) is 0 Å². The second-order valence-corrected chi connectivity index (χ2v) is 10.9. The molecule has 0 aromatic rings. The van der Waals surface area contributed by atoms with Crippen LogP contribution >= 0.6 is 7.92 Å². The lowest BCUT2D eigenvalue weighted by atomic mass is 10.0. The SMILES string of the molecule is C[C@H]1CCC[C@@H]1CP(C[C@@H]1CCC[C@@H]1C)C1CCCC1. The van der Waals surface area contributed by atoms with E-state index in [1.807, 2.05) is 0 Å². The Bertz CT molecular complexity index is 272. The zero-order chi connectivity index (χ0) is 13.9. The molecule has 5 atom stereocenters. The van der Waals surface area contributed by atoms with Gasteiger partial charge in [-0.05, 0) is 67.3 Å². The second-order valence-electron chi connectivity index (χ2n) is 8.23. The van der Waals surface area contributed by atoms with Gasteiger partial charge in [0.2, 0.25) is 0 Å². The lowest BCUT2D eigenvalue weighted by Gasteiger charge is -2.32. The molecule has 20 heavy (non-hydrogen) atoms. The van der Waals surface area contributed by atoms with Gasteiger partial charge in [0.05, 0.1) is 0 Å². The molecular formula is C19H35P. The van der Waals surface area contributed by atoms with Gasteiger partial charge in [-0.1, -0.05) is 52.4 Å². The highest BCUT2D eigenvalue weighted by Gasteiger charge is 2.34. The van der Waals surface area contributed by atoms with Crippen LogP contribution in [-0.2, 0) is 0 Å². The molecule has 3 fully saturated rings. The highest BCUT2D eigenvalue weighted by molar-refractivity contribution is 7.58. The van der Waals surface area contributed by atoms with Crippen LogP contribution in [0.5, 0.6) is 0 Å². The molecule has 3 aliphatic rings. The van der Waals surface area contributed by atoms with Gasteiger partial charge in [0.1, 0.15) is 0 Å².